The molecule has 1 unspecified atom stereocenters. The molecule has 0 aromatic heterocycles. The SMILES string of the molecule is CCCCN(C(=O)[C@@H](N)c1ccccc1)C(C)CC. The third kappa shape index (κ3) is 4.35. The first-order valence-electron chi connectivity index (χ1n) is 7.22. The molecule has 1 rings (SSSR count). The zero-order chi connectivity index (χ0) is 14.3. The van der Waals surface area contributed by atoms with E-state index in [4.69, 9.17) is 5.73 Å². The highest BCUT2D eigenvalue weighted by atomic mass is 16.2. The van der Waals surface area contributed by atoms with Gasteiger partial charge in [0.15, 0.2) is 0 Å². The van der Waals surface area contributed by atoms with Gasteiger partial charge in [0.1, 0.15) is 6.04 Å². The van der Waals surface area contributed by atoms with Crippen LogP contribution in [0.2, 0.25) is 0 Å². The Labute approximate surface area is 116 Å². The third-order valence-corrected chi connectivity index (χ3v) is 3.58. The van der Waals surface area contributed by atoms with Crippen LogP contribution < -0.4 is 5.73 Å². The first-order chi connectivity index (χ1) is 9.11. The zero-order valence-electron chi connectivity index (χ0n) is 12.3. The van der Waals surface area contributed by atoms with Gasteiger partial charge in [-0.1, -0.05) is 50.6 Å². The first kappa shape index (κ1) is 15.7. The van der Waals surface area contributed by atoms with E-state index in [1.54, 1.807) is 0 Å². The lowest BCUT2D eigenvalue weighted by molar-refractivity contribution is -0.135. The van der Waals surface area contributed by atoms with Gasteiger partial charge >= 0.3 is 0 Å². The van der Waals surface area contributed by atoms with Crippen LogP contribution in [0.15, 0.2) is 30.3 Å². The van der Waals surface area contributed by atoms with Gasteiger partial charge in [0.2, 0.25) is 5.91 Å². The number of nitrogens with zero attached hydrogens (tertiary/aromatic N) is 1. The minimum absolute atomic E-state index is 0.0361. The van der Waals surface area contributed by atoms with Crippen LogP contribution in [0, 0.1) is 0 Å². The summed E-state index contributed by atoms with van der Waals surface area (Å²) in [6, 6.07) is 9.30. The largest absolute Gasteiger partial charge is 0.338 e. The lowest BCUT2D eigenvalue weighted by Crippen LogP contribution is -2.44. The van der Waals surface area contributed by atoms with E-state index < -0.39 is 6.04 Å². The Bertz CT molecular complexity index is 378. The maximum absolute atomic E-state index is 12.6. The van der Waals surface area contributed by atoms with E-state index in [1.807, 2.05) is 35.2 Å². The topological polar surface area (TPSA) is 46.3 Å². The fourth-order valence-corrected chi connectivity index (χ4v) is 2.08. The second-order valence-corrected chi connectivity index (χ2v) is 5.03. The lowest BCUT2D eigenvalue weighted by atomic mass is 10.0. The van der Waals surface area contributed by atoms with Crippen molar-refractivity contribution in [2.45, 2.75) is 52.1 Å². The van der Waals surface area contributed by atoms with Crippen LogP contribution in [0.3, 0.4) is 0 Å². The molecule has 2 N–H and O–H groups in total. The number of benzene rings is 1. The summed E-state index contributed by atoms with van der Waals surface area (Å²) < 4.78 is 0. The number of carbonyl (C=O) groups is 1. The molecule has 0 aliphatic carbocycles. The number of unbranched alkanes of at least 4 members (excludes halogenated alkanes) is 1. The summed E-state index contributed by atoms with van der Waals surface area (Å²) in [7, 11) is 0. The number of hydrogen-bond donors (Lipinski definition) is 1. The average molecular weight is 262 g/mol. The molecule has 0 bridgehead atoms. The molecule has 0 saturated carbocycles. The highest BCUT2D eigenvalue weighted by molar-refractivity contribution is 5.83. The summed E-state index contributed by atoms with van der Waals surface area (Å²) >= 11 is 0. The summed E-state index contributed by atoms with van der Waals surface area (Å²) in [5, 5.41) is 0. The lowest BCUT2D eigenvalue weighted by Gasteiger charge is -2.31. The van der Waals surface area contributed by atoms with Crippen LogP contribution in [0.25, 0.3) is 0 Å². The van der Waals surface area contributed by atoms with Crippen LogP contribution >= 0.6 is 0 Å². The van der Waals surface area contributed by atoms with E-state index in [0.29, 0.717) is 0 Å². The van der Waals surface area contributed by atoms with Crippen molar-refractivity contribution in [2.75, 3.05) is 6.54 Å². The molecule has 0 radical (unpaired) electrons. The molecule has 19 heavy (non-hydrogen) atoms. The minimum atomic E-state index is -0.549. The van der Waals surface area contributed by atoms with Crippen molar-refractivity contribution >= 4 is 5.91 Å². The minimum Gasteiger partial charge on any atom is -0.338 e. The maximum Gasteiger partial charge on any atom is 0.244 e. The Morgan fingerprint density at radius 1 is 1.26 bits per heavy atom. The fourth-order valence-electron chi connectivity index (χ4n) is 2.08. The van der Waals surface area contributed by atoms with Gasteiger partial charge in [0.25, 0.3) is 0 Å². The van der Waals surface area contributed by atoms with E-state index in [0.717, 1.165) is 31.4 Å². The van der Waals surface area contributed by atoms with Crippen molar-refractivity contribution in [3.05, 3.63) is 35.9 Å². The number of hydrogen-bond acceptors (Lipinski definition) is 2. The molecule has 0 saturated heterocycles. The van der Waals surface area contributed by atoms with Gasteiger partial charge in [-0.25, -0.2) is 0 Å². The predicted octanol–water partition coefficient (Wildman–Crippen LogP) is 3.11. The zero-order valence-corrected chi connectivity index (χ0v) is 12.3. The van der Waals surface area contributed by atoms with E-state index in [1.165, 1.54) is 0 Å². The van der Waals surface area contributed by atoms with Crippen LogP contribution in [-0.2, 0) is 4.79 Å². The second-order valence-electron chi connectivity index (χ2n) is 5.03. The molecule has 0 spiro atoms. The molecule has 106 valence electrons. The smallest absolute Gasteiger partial charge is 0.244 e. The van der Waals surface area contributed by atoms with Gasteiger partial charge in [-0.05, 0) is 25.3 Å². The van der Waals surface area contributed by atoms with Crippen molar-refractivity contribution < 1.29 is 4.79 Å². The van der Waals surface area contributed by atoms with E-state index in [2.05, 4.69) is 20.8 Å². The Hall–Kier alpha value is -1.35. The van der Waals surface area contributed by atoms with E-state index in [9.17, 15) is 4.79 Å². The van der Waals surface area contributed by atoms with Crippen LogP contribution in [0.5, 0.6) is 0 Å². The molecular weight excluding hydrogens is 236 g/mol. The monoisotopic (exact) mass is 262 g/mol. The molecule has 1 aromatic carbocycles. The summed E-state index contributed by atoms with van der Waals surface area (Å²) in [4.78, 5) is 14.5. The quantitative estimate of drug-likeness (QED) is 0.820. The van der Waals surface area contributed by atoms with Gasteiger partial charge in [-0.15, -0.1) is 0 Å². The van der Waals surface area contributed by atoms with Crippen LogP contribution in [0.4, 0.5) is 0 Å². The molecule has 0 heterocycles. The molecule has 0 aliphatic rings. The van der Waals surface area contributed by atoms with Crippen molar-refractivity contribution in [2.24, 2.45) is 5.73 Å². The summed E-state index contributed by atoms with van der Waals surface area (Å²) in [5.74, 6) is 0.0361. The average Bonchev–Trinajstić information content (AvgIpc) is 2.47. The Balaban J connectivity index is 2.80. The maximum atomic E-state index is 12.6. The Morgan fingerprint density at radius 3 is 2.42 bits per heavy atom. The predicted molar refractivity (Wildman–Crippen MR) is 79.7 cm³/mol. The van der Waals surface area contributed by atoms with Gasteiger partial charge in [-0.2, -0.15) is 0 Å². The summed E-state index contributed by atoms with van der Waals surface area (Å²) in [5.41, 5.74) is 7.00. The molecule has 2 atom stereocenters. The van der Waals surface area contributed by atoms with E-state index >= 15 is 0 Å². The third-order valence-electron chi connectivity index (χ3n) is 3.58. The number of rotatable bonds is 7. The Kier molecular flexibility index (Phi) is 6.57. The van der Waals surface area contributed by atoms with Crippen molar-refractivity contribution in [1.82, 2.24) is 4.90 Å². The van der Waals surface area contributed by atoms with Gasteiger partial charge in [-0.3, -0.25) is 4.79 Å². The van der Waals surface area contributed by atoms with Crippen molar-refractivity contribution in [3.8, 4) is 0 Å². The molecule has 3 nitrogen and oxygen atoms in total. The molecule has 1 aromatic rings. The van der Waals surface area contributed by atoms with Gasteiger partial charge < -0.3 is 10.6 Å². The number of amides is 1. The molecule has 0 aliphatic heterocycles. The molecule has 0 fully saturated rings. The normalized spacial score (nSPS) is 13.9. The van der Waals surface area contributed by atoms with E-state index in [-0.39, 0.29) is 11.9 Å². The van der Waals surface area contributed by atoms with Crippen LogP contribution in [-0.4, -0.2) is 23.4 Å². The molecular formula is C16H26N2O. The van der Waals surface area contributed by atoms with Gasteiger partial charge in [0, 0.05) is 12.6 Å². The van der Waals surface area contributed by atoms with Gasteiger partial charge in [0.05, 0.1) is 0 Å². The molecule has 1 amide bonds. The standard InChI is InChI=1S/C16H26N2O/c1-4-6-12-18(13(3)5-2)16(19)15(17)14-10-8-7-9-11-14/h7-11,13,15H,4-6,12,17H2,1-3H3/t13?,15-/m0/s1. The fraction of sp³-hybridized carbons (Fsp3) is 0.562. The highest BCUT2D eigenvalue weighted by Gasteiger charge is 2.24. The number of carbonyl (C=O) groups excluding carboxylic acids is 1. The van der Waals surface area contributed by atoms with Crippen molar-refractivity contribution in [1.29, 1.82) is 0 Å². The van der Waals surface area contributed by atoms with Crippen LogP contribution in [0.1, 0.15) is 51.6 Å². The molecule has 3 heteroatoms. The highest BCUT2D eigenvalue weighted by Crippen LogP contribution is 2.16. The summed E-state index contributed by atoms with van der Waals surface area (Å²) in [6.45, 7) is 7.12. The van der Waals surface area contributed by atoms with Crippen molar-refractivity contribution in [3.63, 3.8) is 0 Å². The second kappa shape index (κ2) is 7.95. The Morgan fingerprint density at radius 2 is 1.89 bits per heavy atom. The first-order valence-corrected chi connectivity index (χ1v) is 7.22. The summed E-state index contributed by atoms with van der Waals surface area (Å²) in [6.07, 6.45) is 3.06. The number of nitrogens with two attached hydrogens (primary N) is 1.